The number of benzene rings is 2. The van der Waals surface area contributed by atoms with Gasteiger partial charge in [-0.15, -0.1) is 0 Å². The van der Waals surface area contributed by atoms with Crippen molar-refractivity contribution < 1.29 is 14.3 Å². The van der Waals surface area contributed by atoms with Crippen LogP contribution in [0.3, 0.4) is 0 Å². The van der Waals surface area contributed by atoms with E-state index in [4.69, 9.17) is 16.3 Å². The topological polar surface area (TPSA) is 79.8 Å². The van der Waals surface area contributed by atoms with Gasteiger partial charge in [0.1, 0.15) is 5.75 Å². The van der Waals surface area contributed by atoms with Crippen LogP contribution in [0, 0.1) is 0 Å². The molecule has 0 aliphatic heterocycles. The van der Waals surface area contributed by atoms with Gasteiger partial charge in [0.15, 0.2) is 0 Å². The summed E-state index contributed by atoms with van der Waals surface area (Å²) < 4.78 is 5.52. The molecule has 136 valence electrons. The van der Waals surface area contributed by atoms with Crippen molar-refractivity contribution in [3.05, 3.63) is 64.7 Å². The molecule has 0 saturated carbocycles. The monoisotopic (exact) mass is 373 g/mol. The summed E-state index contributed by atoms with van der Waals surface area (Å²) in [6, 6.07) is 14.2. The Morgan fingerprint density at radius 1 is 1.15 bits per heavy atom. The van der Waals surface area contributed by atoms with Crippen molar-refractivity contribution in [3.8, 4) is 5.75 Å². The zero-order valence-electron chi connectivity index (χ0n) is 14.4. The Balaban J connectivity index is 1.80. The Morgan fingerprint density at radius 2 is 1.92 bits per heavy atom. The maximum atomic E-state index is 11.8. The summed E-state index contributed by atoms with van der Waals surface area (Å²) in [7, 11) is 0. The van der Waals surface area contributed by atoms with Gasteiger partial charge in [0.2, 0.25) is 0 Å². The van der Waals surface area contributed by atoms with Crippen LogP contribution in [0.25, 0.3) is 0 Å². The molecule has 0 aliphatic carbocycles. The maximum Gasteiger partial charge on any atom is 0.329 e. The van der Waals surface area contributed by atoms with Crippen molar-refractivity contribution in [2.75, 3.05) is 6.61 Å². The fourth-order valence-corrected chi connectivity index (χ4v) is 2.11. The van der Waals surface area contributed by atoms with E-state index in [9.17, 15) is 9.59 Å². The summed E-state index contributed by atoms with van der Waals surface area (Å²) in [6.07, 6.45) is 2.36. The minimum atomic E-state index is -0.839. The fourth-order valence-electron chi connectivity index (χ4n) is 1.99. The number of nitrogens with one attached hydrogen (secondary N) is 2. The average Bonchev–Trinajstić information content (AvgIpc) is 2.66. The lowest BCUT2D eigenvalue weighted by Gasteiger charge is -2.05. The second-order valence-electron chi connectivity index (χ2n) is 5.43. The number of nitrogens with zero attached hydrogens (tertiary/aromatic N) is 1. The van der Waals surface area contributed by atoms with Crippen molar-refractivity contribution in [3.63, 3.8) is 0 Å². The first-order chi connectivity index (χ1) is 12.6. The number of hydrogen-bond acceptors (Lipinski definition) is 4. The lowest BCUT2D eigenvalue weighted by molar-refractivity contribution is -0.139. The Labute approximate surface area is 157 Å². The summed E-state index contributed by atoms with van der Waals surface area (Å²) in [4.78, 5) is 23.5. The van der Waals surface area contributed by atoms with Crippen LogP contribution in [0.5, 0.6) is 5.75 Å². The van der Waals surface area contributed by atoms with Gasteiger partial charge in [-0.3, -0.25) is 9.59 Å². The van der Waals surface area contributed by atoms with E-state index in [1.165, 1.54) is 6.21 Å². The van der Waals surface area contributed by atoms with Crippen LogP contribution in [0.2, 0.25) is 5.02 Å². The number of ether oxygens (including phenoxy) is 1. The summed E-state index contributed by atoms with van der Waals surface area (Å²) >= 11 is 5.79. The molecule has 2 N–H and O–H groups in total. The minimum absolute atomic E-state index is 0.226. The van der Waals surface area contributed by atoms with Crippen LogP contribution in [-0.2, 0) is 16.1 Å². The lowest BCUT2D eigenvalue weighted by atomic mass is 10.2. The number of amides is 2. The van der Waals surface area contributed by atoms with E-state index in [-0.39, 0.29) is 6.54 Å². The first-order valence-corrected chi connectivity index (χ1v) is 8.55. The second-order valence-corrected chi connectivity index (χ2v) is 5.87. The maximum absolute atomic E-state index is 11.8. The van der Waals surface area contributed by atoms with Crippen LogP contribution in [0.4, 0.5) is 0 Å². The number of hydrazone groups is 1. The molecular weight excluding hydrogens is 354 g/mol. The van der Waals surface area contributed by atoms with Gasteiger partial charge in [-0.2, -0.15) is 5.10 Å². The molecule has 0 unspecified atom stereocenters. The Morgan fingerprint density at radius 3 is 2.65 bits per heavy atom. The van der Waals surface area contributed by atoms with Crippen LogP contribution < -0.4 is 15.5 Å². The molecule has 0 aliphatic rings. The van der Waals surface area contributed by atoms with Gasteiger partial charge < -0.3 is 10.1 Å². The molecule has 0 aromatic heterocycles. The van der Waals surface area contributed by atoms with Gasteiger partial charge in [-0.25, -0.2) is 5.43 Å². The molecule has 0 fully saturated rings. The van der Waals surface area contributed by atoms with E-state index >= 15 is 0 Å². The predicted molar refractivity (Wildman–Crippen MR) is 101 cm³/mol. The van der Waals surface area contributed by atoms with Gasteiger partial charge in [0, 0.05) is 11.6 Å². The minimum Gasteiger partial charge on any atom is -0.494 e. The van der Waals surface area contributed by atoms with Crippen LogP contribution in [-0.4, -0.2) is 24.6 Å². The molecule has 0 atom stereocenters. The van der Waals surface area contributed by atoms with Gasteiger partial charge in [-0.1, -0.05) is 42.8 Å². The molecular formula is C19H20ClN3O3. The number of carbonyl (C=O) groups is 2. The van der Waals surface area contributed by atoms with E-state index in [0.717, 1.165) is 23.3 Å². The van der Waals surface area contributed by atoms with Crippen molar-refractivity contribution in [2.45, 2.75) is 19.9 Å². The van der Waals surface area contributed by atoms with E-state index in [1.807, 2.05) is 25.1 Å². The zero-order valence-corrected chi connectivity index (χ0v) is 15.1. The van der Waals surface area contributed by atoms with E-state index in [2.05, 4.69) is 15.8 Å². The normalized spacial score (nSPS) is 10.5. The zero-order chi connectivity index (χ0) is 18.8. The van der Waals surface area contributed by atoms with E-state index in [0.29, 0.717) is 11.6 Å². The molecule has 2 aromatic carbocycles. The van der Waals surface area contributed by atoms with E-state index in [1.54, 1.807) is 30.3 Å². The summed E-state index contributed by atoms with van der Waals surface area (Å²) in [5, 5.41) is 6.91. The first kappa shape index (κ1) is 19.5. The van der Waals surface area contributed by atoms with Crippen LogP contribution >= 0.6 is 11.6 Å². The third kappa shape index (κ3) is 6.57. The smallest absolute Gasteiger partial charge is 0.329 e. The van der Waals surface area contributed by atoms with Gasteiger partial charge in [-0.05, 0) is 41.8 Å². The van der Waals surface area contributed by atoms with Gasteiger partial charge >= 0.3 is 11.8 Å². The number of rotatable bonds is 7. The Kier molecular flexibility index (Phi) is 7.64. The largest absolute Gasteiger partial charge is 0.494 e. The molecule has 2 amide bonds. The summed E-state index contributed by atoms with van der Waals surface area (Å²) in [5.74, 6) is -0.881. The van der Waals surface area contributed by atoms with E-state index < -0.39 is 11.8 Å². The highest BCUT2D eigenvalue weighted by Crippen LogP contribution is 2.12. The molecule has 0 bridgehead atoms. The number of halogens is 1. The quantitative estimate of drug-likeness (QED) is 0.445. The lowest BCUT2D eigenvalue weighted by Crippen LogP contribution is -2.37. The molecule has 26 heavy (non-hydrogen) atoms. The van der Waals surface area contributed by atoms with Gasteiger partial charge in [0.25, 0.3) is 0 Å². The van der Waals surface area contributed by atoms with Gasteiger partial charge in [0.05, 0.1) is 12.8 Å². The van der Waals surface area contributed by atoms with Crippen molar-refractivity contribution in [2.24, 2.45) is 5.10 Å². The van der Waals surface area contributed by atoms with Crippen molar-refractivity contribution >= 4 is 29.6 Å². The third-order valence-electron chi connectivity index (χ3n) is 3.28. The highest BCUT2D eigenvalue weighted by molar-refractivity contribution is 6.35. The van der Waals surface area contributed by atoms with Crippen molar-refractivity contribution in [1.82, 2.24) is 10.7 Å². The molecule has 0 spiro atoms. The molecule has 0 radical (unpaired) electrons. The molecule has 0 saturated heterocycles. The highest BCUT2D eigenvalue weighted by Gasteiger charge is 2.11. The number of carbonyl (C=O) groups excluding carboxylic acids is 2. The standard InChI is InChI=1S/C19H20ClN3O3/c1-2-10-26-17-5-3-4-15(11-17)13-22-23-19(25)18(24)21-12-14-6-8-16(20)9-7-14/h3-9,11,13H,2,10,12H2,1H3,(H,21,24)(H,23,25)/b22-13-. The van der Waals surface area contributed by atoms with Crippen LogP contribution in [0.1, 0.15) is 24.5 Å². The molecule has 7 heteroatoms. The highest BCUT2D eigenvalue weighted by atomic mass is 35.5. The predicted octanol–water partition coefficient (Wildman–Crippen LogP) is 2.90. The SMILES string of the molecule is CCCOc1cccc(/C=N\NC(=O)C(=O)NCc2ccc(Cl)cc2)c1. The summed E-state index contributed by atoms with van der Waals surface area (Å²) in [6.45, 7) is 2.88. The second kappa shape index (κ2) is 10.2. The van der Waals surface area contributed by atoms with Crippen molar-refractivity contribution in [1.29, 1.82) is 0 Å². The third-order valence-corrected chi connectivity index (χ3v) is 3.54. The molecule has 6 nitrogen and oxygen atoms in total. The Bertz CT molecular complexity index is 776. The summed E-state index contributed by atoms with van der Waals surface area (Å²) in [5.41, 5.74) is 3.78. The average molecular weight is 374 g/mol. The molecule has 2 rings (SSSR count). The molecule has 2 aromatic rings. The fraction of sp³-hybridized carbons (Fsp3) is 0.211. The van der Waals surface area contributed by atoms with Crippen LogP contribution in [0.15, 0.2) is 53.6 Å². The number of hydrogen-bond donors (Lipinski definition) is 2. The molecule has 0 heterocycles. The first-order valence-electron chi connectivity index (χ1n) is 8.17. The Hall–Kier alpha value is -2.86.